The lowest BCUT2D eigenvalue weighted by Gasteiger charge is -2.14. The Kier molecular flexibility index (Phi) is 3.22. The molecule has 1 aliphatic rings. The van der Waals surface area contributed by atoms with Gasteiger partial charge >= 0.3 is 0 Å². The van der Waals surface area contributed by atoms with Gasteiger partial charge in [0.2, 0.25) is 10.0 Å². The lowest BCUT2D eigenvalue weighted by atomic mass is 10.2. The van der Waals surface area contributed by atoms with Gasteiger partial charge in [0, 0.05) is 11.7 Å². The van der Waals surface area contributed by atoms with Crippen molar-refractivity contribution < 1.29 is 8.42 Å². The van der Waals surface area contributed by atoms with Crippen molar-refractivity contribution in [1.29, 1.82) is 0 Å². The maximum atomic E-state index is 12.1. The normalized spacial score (nSPS) is 16.5. The zero-order chi connectivity index (χ0) is 12.5. The maximum Gasteiger partial charge on any atom is 0.241 e. The zero-order valence-electron chi connectivity index (χ0n) is 9.68. The van der Waals surface area contributed by atoms with E-state index >= 15 is 0 Å². The van der Waals surface area contributed by atoms with Crippen LogP contribution >= 0.6 is 0 Å². The quantitative estimate of drug-likeness (QED) is 0.633. The number of hydrogen-bond acceptors (Lipinski definition) is 3. The first-order valence-electron chi connectivity index (χ1n) is 5.52. The van der Waals surface area contributed by atoms with E-state index in [0.717, 1.165) is 12.8 Å². The van der Waals surface area contributed by atoms with E-state index in [4.69, 9.17) is 5.73 Å². The number of nitrogens with one attached hydrogen (secondary N) is 1. The molecule has 1 aromatic carbocycles. The highest BCUT2D eigenvalue weighted by Crippen LogP contribution is 2.20. The van der Waals surface area contributed by atoms with E-state index in [2.05, 4.69) is 4.72 Å². The Morgan fingerprint density at radius 1 is 1.29 bits per heavy atom. The molecule has 0 radical (unpaired) electrons. The molecule has 0 saturated heterocycles. The van der Waals surface area contributed by atoms with Gasteiger partial charge in [0.15, 0.2) is 0 Å². The molecule has 0 spiro atoms. The Bertz CT molecular complexity index is 542. The molecular weight excluding hydrogens is 236 g/mol. The number of aryl methyl sites for hydroxylation is 1. The average Bonchev–Trinajstić information content (AvgIpc) is 2.68. The monoisotopic (exact) mass is 252 g/mol. The zero-order valence-corrected chi connectivity index (χ0v) is 10.5. The second-order valence-electron chi connectivity index (χ2n) is 4.29. The molecule has 0 aromatic heterocycles. The first-order valence-corrected chi connectivity index (χ1v) is 7.01. The van der Waals surface area contributed by atoms with Gasteiger partial charge in [-0.15, -0.1) is 0 Å². The topological polar surface area (TPSA) is 72.2 Å². The van der Waals surface area contributed by atoms with E-state index in [1.54, 1.807) is 25.1 Å². The van der Waals surface area contributed by atoms with Gasteiger partial charge in [-0.3, -0.25) is 0 Å². The molecule has 5 heteroatoms. The van der Waals surface area contributed by atoms with E-state index in [9.17, 15) is 8.42 Å². The fraction of sp³-hybridized carbons (Fsp3) is 0.333. The highest BCUT2D eigenvalue weighted by Gasteiger charge is 2.21. The molecule has 0 heterocycles. The van der Waals surface area contributed by atoms with Gasteiger partial charge in [0.25, 0.3) is 0 Å². The van der Waals surface area contributed by atoms with E-state index in [1.165, 1.54) is 0 Å². The number of benzene rings is 1. The second-order valence-corrected chi connectivity index (χ2v) is 5.97. The van der Waals surface area contributed by atoms with Gasteiger partial charge in [0.05, 0.1) is 4.90 Å². The minimum absolute atomic E-state index is 0.0167. The molecule has 0 fully saturated rings. The Morgan fingerprint density at radius 3 is 2.53 bits per heavy atom. The first-order chi connectivity index (χ1) is 7.99. The van der Waals surface area contributed by atoms with Crippen molar-refractivity contribution >= 4 is 15.7 Å². The Morgan fingerprint density at radius 2 is 1.94 bits per heavy atom. The van der Waals surface area contributed by atoms with Crippen LogP contribution in [0.2, 0.25) is 0 Å². The minimum Gasteiger partial charge on any atom is -0.399 e. The predicted octanol–water partition coefficient (Wildman–Crippen LogP) is 1.57. The second kappa shape index (κ2) is 4.50. The molecule has 1 aliphatic carbocycles. The summed E-state index contributed by atoms with van der Waals surface area (Å²) < 4.78 is 27.0. The van der Waals surface area contributed by atoms with Crippen LogP contribution in [0.1, 0.15) is 18.4 Å². The van der Waals surface area contributed by atoms with Crippen molar-refractivity contribution in [3.05, 3.63) is 35.9 Å². The molecular formula is C12H16N2O2S. The maximum absolute atomic E-state index is 12.1. The number of hydrogen-bond donors (Lipinski definition) is 2. The fourth-order valence-electron chi connectivity index (χ4n) is 1.97. The van der Waals surface area contributed by atoms with Gasteiger partial charge in [-0.1, -0.05) is 12.2 Å². The molecule has 4 nitrogen and oxygen atoms in total. The fourth-order valence-corrected chi connectivity index (χ4v) is 3.46. The summed E-state index contributed by atoms with van der Waals surface area (Å²) in [6.07, 6.45) is 5.49. The van der Waals surface area contributed by atoms with E-state index in [-0.39, 0.29) is 6.04 Å². The largest absolute Gasteiger partial charge is 0.399 e. The van der Waals surface area contributed by atoms with Gasteiger partial charge in [0.1, 0.15) is 0 Å². The Labute approximate surface area is 102 Å². The summed E-state index contributed by atoms with van der Waals surface area (Å²) >= 11 is 0. The van der Waals surface area contributed by atoms with Gasteiger partial charge < -0.3 is 5.73 Å². The first kappa shape index (κ1) is 12.1. The summed E-state index contributed by atoms with van der Waals surface area (Å²) in [5.41, 5.74) is 6.85. The van der Waals surface area contributed by atoms with E-state index < -0.39 is 10.0 Å². The van der Waals surface area contributed by atoms with Crippen LogP contribution in [0.3, 0.4) is 0 Å². The third-order valence-corrected chi connectivity index (χ3v) is 4.50. The van der Waals surface area contributed by atoms with E-state index in [1.807, 2.05) is 12.2 Å². The Hall–Kier alpha value is -1.33. The summed E-state index contributed by atoms with van der Waals surface area (Å²) in [6, 6.07) is 4.81. The molecule has 0 aliphatic heterocycles. The van der Waals surface area contributed by atoms with Crippen molar-refractivity contribution in [2.45, 2.75) is 30.7 Å². The standard InChI is InChI=1S/C12H16N2O2S/c1-9-8-10(13)6-7-12(9)17(15,16)14-11-4-2-3-5-11/h2-3,6-8,11,14H,4-5,13H2,1H3. The number of anilines is 1. The number of nitrogen functional groups attached to an aromatic ring is 1. The van der Waals surface area contributed by atoms with Crippen molar-refractivity contribution in [3.8, 4) is 0 Å². The SMILES string of the molecule is Cc1cc(N)ccc1S(=O)(=O)NC1CC=CC1. The third kappa shape index (κ3) is 2.68. The lowest BCUT2D eigenvalue weighted by molar-refractivity contribution is 0.557. The molecule has 17 heavy (non-hydrogen) atoms. The van der Waals surface area contributed by atoms with Crippen LogP contribution in [0.5, 0.6) is 0 Å². The third-order valence-electron chi connectivity index (χ3n) is 2.82. The number of sulfonamides is 1. The summed E-state index contributed by atoms with van der Waals surface area (Å²) in [7, 11) is -3.44. The molecule has 0 atom stereocenters. The molecule has 2 rings (SSSR count). The van der Waals surface area contributed by atoms with Crippen LogP contribution in [0.25, 0.3) is 0 Å². The van der Waals surface area contributed by atoms with Crippen LogP contribution < -0.4 is 10.5 Å². The summed E-state index contributed by atoms with van der Waals surface area (Å²) in [4.78, 5) is 0.304. The number of nitrogens with two attached hydrogens (primary N) is 1. The summed E-state index contributed by atoms with van der Waals surface area (Å²) in [5.74, 6) is 0. The summed E-state index contributed by atoms with van der Waals surface area (Å²) in [6.45, 7) is 1.75. The molecule has 92 valence electrons. The van der Waals surface area contributed by atoms with Crippen LogP contribution in [-0.2, 0) is 10.0 Å². The molecule has 0 bridgehead atoms. The van der Waals surface area contributed by atoms with Crippen molar-refractivity contribution in [3.63, 3.8) is 0 Å². The van der Waals surface area contributed by atoms with Crippen LogP contribution in [0, 0.1) is 6.92 Å². The van der Waals surface area contributed by atoms with Gasteiger partial charge in [-0.05, 0) is 43.5 Å². The smallest absolute Gasteiger partial charge is 0.241 e. The lowest BCUT2D eigenvalue weighted by Crippen LogP contribution is -2.33. The highest BCUT2D eigenvalue weighted by molar-refractivity contribution is 7.89. The molecule has 0 unspecified atom stereocenters. The summed E-state index contributed by atoms with van der Waals surface area (Å²) in [5, 5.41) is 0. The van der Waals surface area contributed by atoms with Gasteiger partial charge in [-0.25, -0.2) is 13.1 Å². The average molecular weight is 252 g/mol. The highest BCUT2D eigenvalue weighted by atomic mass is 32.2. The molecule has 3 N–H and O–H groups in total. The van der Waals surface area contributed by atoms with Crippen molar-refractivity contribution in [1.82, 2.24) is 4.72 Å². The van der Waals surface area contributed by atoms with Crippen molar-refractivity contribution in [2.24, 2.45) is 0 Å². The molecule has 0 saturated carbocycles. The molecule has 0 amide bonds. The predicted molar refractivity (Wildman–Crippen MR) is 68.1 cm³/mol. The minimum atomic E-state index is -3.44. The van der Waals surface area contributed by atoms with Crippen LogP contribution in [0.4, 0.5) is 5.69 Å². The van der Waals surface area contributed by atoms with Gasteiger partial charge in [-0.2, -0.15) is 0 Å². The van der Waals surface area contributed by atoms with Crippen molar-refractivity contribution in [2.75, 3.05) is 5.73 Å². The van der Waals surface area contributed by atoms with Crippen LogP contribution in [0.15, 0.2) is 35.2 Å². The Balaban J connectivity index is 2.25. The van der Waals surface area contributed by atoms with E-state index in [0.29, 0.717) is 16.1 Å². The van der Waals surface area contributed by atoms with Crippen LogP contribution in [-0.4, -0.2) is 14.5 Å². The molecule has 1 aromatic rings. The number of rotatable bonds is 3.